The molecule has 0 radical (unpaired) electrons. The Morgan fingerprint density at radius 1 is 1.33 bits per heavy atom. The van der Waals surface area contributed by atoms with E-state index in [1.807, 2.05) is 6.92 Å². The van der Waals surface area contributed by atoms with Gasteiger partial charge in [-0.2, -0.15) is 0 Å². The molecule has 1 N–H and O–H groups in total. The van der Waals surface area contributed by atoms with Gasteiger partial charge in [0.15, 0.2) is 0 Å². The predicted molar refractivity (Wildman–Crippen MR) is 76.3 cm³/mol. The molecule has 0 bridgehead atoms. The molecular weight excluding hydrogens is 273 g/mol. The van der Waals surface area contributed by atoms with Crippen molar-refractivity contribution in [2.75, 3.05) is 13.1 Å². The zero-order chi connectivity index (χ0) is 15.8. The Morgan fingerprint density at radius 2 is 2.00 bits per heavy atom. The molecule has 0 spiro atoms. The molecule has 2 atom stereocenters. The standard InChI is InChI=1S/C16H20FNO3/c1-10-8-18(9-13(10)14(19)20)15(21)16(2,3)11-5-4-6-12(17)7-11/h4-7,10,13H,8-9H2,1-3H3,(H,19,20)/t10-,13-/m1/s1. The summed E-state index contributed by atoms with van der Waals surface area (Å²) in [6.45, 7) is 5.95. The third-order valence-corrected chi connectivity index (χ3v) is 4.30. The third kappa shape index (κ3) is 2.91. The topological polar surface area (TPSA) is 57.6 Å². The second-order valence-corrected chi connectivity index (χ2v) is 6.27. The van der Waals surface area contributed by atoms with Crippen molar-refractivity contribution < 1.29 is 19.1 Å². The Hall–Kier alpha value is -1.91. The molecule has 1 amide bonds. The summed E-state index contributed by atoms with van der Waals surface area (Å²) < 4.78 is 13.4. The first-order chi connectivity index (χ1) is 9.73. The number of benzene rings is 1. The van der Waals surface area contributed by atoms with E-state index in [0.29, 0.717) is 12.1 Å². The van der Waals surface area contributed by atoms with Gasteiger partial charge in [0, 0.05) is 13.1 Å². The Bertz CT molecular complexity index is 570. The van der Waals surface area contributed by atoms with Crippen molar-refractivity contribution in [2.45, 2.75) is 26.2 Å². The smallest absolute Gasteiger partial charge is 0.308 e. The van der Waals surface area contributed by atoms with Gasteiger partial charge in [-0.3, -0.25) is 9.59 Å². The highest BCUT2D eigenvalue weighted by Crippen LogP contribution is 2.31. The van der Waals surface area contributed by atoms with Crippen LogP contribution in [0.15, 0.2) is 24.3 Å². The molecule has 1 aromatic rings. The maximum atomic E-state index is 13.4. The van der Waals surface area contributed by atoms with E-state index in [-0.39, 0.29) is 24.2 Å². The Morgan fingerprint density at radius 3 is 2.52 bits per heavy atom. The molecule has 1 fully saturated rings. The number of carboxylic acid groups (broad SMARTS) is 1. The summed E-state index contributed by atoms with van der Waals surface area (Å²) in [5.41, 5.74) is -0.284. The molecule has 2 rings (SSSR count). The zero-order valence-electron chi connectivity index (χ0n) is 12.5. The Kier molecular flexibility index (Phi) is 4.03. The number of rotatable bonds is 3. The summed E-state index contributed by atoms with van der Waals surface area (Å²) in [6.07, 6.45) is 0. The fraction of sp³-hybridized carbons (Fsp3) is 0.500. The van der Waals surface area contributed by atoms with Gasteiger partial charge in [0.1, 0.15) is 5.82 Å². The van der Waals surface area contributed by atoms with Crippen molar-refractivity contribution in [2.24, 2.45) is 11.8 Å². The summed E-state index contributed by atoms with van der Waals surface area (Å²) in [7, 11) is 0. The van der Waals surface area contributed by atoms with Crippen LogP contribution in [0.25, 0.3) is 0 Å². The van der Waals surface area contributed by atoms with Gasteiger partial charge < -0.3 is 10.0 Å². The van der Waals surface area contributed by atoms with Crippen molar-refractivity contribution in [1.82, 2.24) is 4.90 Å². The number of carboxylic acids is 1. The molecule has 0 aliphatic carbocycles. The lowest BCUT2D eigenvalue weighted by Gasteiger charge is -2.29. The molecule has 5 heteroatoms. The highest BCUT2D eigenvalue weighted by Gasteiger charge is 2.42. The second-order valence-electron chi connectivity index (χ2n) is 6.27. The number of halogens is 1. The van der Waals surface area contributed by atoms with Gasteiger partial charge in [-0.25, -0.2) is 4.39 Å². The number of amides is 1. The molecule has 1 heterocycles. The van der Waals surface area contributed by atoms with Gasteiger partial charge in [-0.15, -0.1) is 0 Å². The Balaban J connectivity index is 2.21. The summed E-state index contributed by atoms with van der Waals surface area (Å²) in [5, 5.41) is 9.15. The lowest BCUT2D eigenvalue weighted by Crippen LogP contribution is -2.42. The molecule has 0 unspecified atom stereocenters. The third-order valence-electron chi connectivity index (χ3n) is 4.30. The number of hydrogen-bond donors (Lipinski definition) is 1. The highest BCUT2D eigenvalue weighted by atomic mass is 19.1. The first-order valence-corrected chi connectivity index (χ1v) is 7.01. The van der Waals surface area contributed by atoms with Crippen molar-refractivity contribution in [3.63, 3.8) is 0 Å². The zero-order valence-corrected chi connectivity index (χ0v) is 12.5. The molecular formula is C16H20FNO3. The predicted octanol–water partition coefficient (Wildman–Crippen LogP) is 2.28. The lowest BCUT2D eigenvalue weighted by atomic mass is 9.83. The van der Waals surface area contributed by atoms with E-state index in [1.54, 1.807) is 30.9 Å². The van der Waals surface area contributed by atoms with E-state index in [2.05, 4.69) is 0 Å². The average molecular weight is 293 g/mol. The van der Waals surface area contributed by atoms with Crippen LogP contribution >= 0.6 is 0 Å². The van der Waals surface area contributed by atoms with E-state index >= 15 is 0 Å². The monoisotopic (exact) mass is 293 g/mol. The van der Waals surface area contributed by atoms with Crippen molar-refractivity contribution >= 4 is 11.9 Å². The lowest BCUT2D eigenvalue weighted by molar-refractivity contribution is -0.142. The number of carbonyl (C=O) groups excluding carboxylic acids is 1. The molecule has 1 aliphatic heterocycles. The number of nitrogens with zero attached hydrogens (tertiary/aromatic N) is 1. The molecule has 0 aromatic heterocycles. The summed E-state index contributed by atoms with van der Waals surface area (Å²) in [5.74, 6) is -2.02. The SMILES string of the molecule is C[C@@H]1CN(C(=O)C(C)(C)c2cccc(F)c2)C[C@H]1C(=O)O. The van der Waals surface area contributed by atoms with Gasteiger partial charge >= 0.3 is 5.97 Å². The summed E-state index contributed by atoms with van der Waals surface area (Å²) >= 11 is 0. The molecule has 1 saturated heterocycles. The molecule has 1 aliphatic rings. The van der Waals surface area contributed by atoms with E-state index in [0.717, 1.165) is 0 Å². The number of aliphatic carboxylic acids is 1. The van der Waals surface area contributed by atoms with Crippen LogP contribution < -0.4 is 0 Å². The van der Waals surface area contributed by atoms with Crippen LogP contribution in [0.4, 0.5) is 4.39 Å². The fourth-order valence-corrected chi connectivity index (χ4v) is 2.85. The molecule has 114 valence electrons. The normalized spacial score (nSPS) is 22.4. The van der Waals surface area contributed by atoms with Gasteiger partial charge in [0.05, 0.1) is 11.3 Å². The summed E-state index contributed by atoms with van der Waals surface area (Å²) in [4.78, 5) is 25.4. The molecule has 0 saturated carbocycles. The van der Waals surface area contributed by atoms with Crippen molar-refractivity contribution in [1.29, 1.82) is 0 Å². The molecule has 21 heavy (non-hydrogen) atoms. The number of carbonyl (C=O) groups is 2. The Labute approximate surface area is 123 Å². The van der Waals surface area contributed by atoms with Crippen LogP contribution in [0.2, 0.25) is 0 Å². The van der Waals surface area contributed by atoms with Gasteiger partial charge in [-0.05, 0) is 37.5 Å². The van der Waals surface area contributed by atoms with Crippen molar-refractivity contribution in [3.05, 3.63) is 35.6 Å². The van der Waals surface area contributed by atoms with Gasteiger partial charge in [0.2, 0.25) is 5.91 Å². The van der Waals surface area contributed by atoms with Crippen LogP contribution in [-0.2, 0) is 15.0 Å². The first kappa shape index (κ1) is 15.5. The minimum atomic E-state index is -0.880. The summed E-state index contributed by atoms with van der Waals surface area (Å²) in [6, 6.07) is 5.98. The van der Waals surface area contributed by atoms with Crippen LogP contribution in [0.5, 0.6) is 0 Å². The maximum absolute atomic E-state index is 13.4. The van der Waals surface area contributed by atoms with Crippen LogP contribution in [0.1, 0.15) is 26.3 Å². The largest absolute Gasteiger partial charge is 0.481 e. The van der Waals surface area contributed by atoms with Crippen molar-refractivity contribution in [3.8, 4) is 0 Å². The van der Waals surface area contributed by atoms with E-state index in [1.165, 1.54) is 12.1 Å². The maximum Gasteiger partial charge on any atom is 0.308 e. The highest BCUT2D eigenvalue weighted by molar-refractivity contribution is 5.88. The average Bonchev–Trinajstić information content (AvgIpc) is 2.80. The number of likely N-dealkylation sites (tertiary alicyclic amines) is 1. The quantitative estimate of drug-likeness (QED) is 0.930. The van der Waals surface area contributed by atoms with E-state index in [9.17, 15) is 14.0 Å². The van der Waals surface area contributed by atoms with Gasteiger partial charge in [-0.1, -0.05) is 19.1 Å². The minimum Gasteiger partial charge on any atom is -0.481 e. The van der Waals surface area contributed by atoms with E-state index < -0.39 is 17.3 Å². The molecule has 1 aromatic carbocycles. The van der Waals surface area contributed by atoms with Crippen LogP contribution in [0, 0.1) is 17.7 Å². The minimum absolute atomic E-state index is 0.0743. The van der Waals surface area contributed by atoms with E-state index in [4.69, 9.17) is 5.11 Å². The fourth-order valence-electron chi connectivity index (χ4n) is 2.85. The number of hydrogen-bond acceptors (Lipinski definition) is 2. The van der Waals surface area contributed by atoms with Gasteiger partial charge in [0.25, 0.3) is 0 Å². The first-order valence-electron chi connectivity index (χ1n) is 7.01. The van der Waals surface area contributed by atoms with Crippen LogP contribution in [0.3, 0.4) is 0 Å². The second kappa shape index (κ2) is 5.47. The molecule has 4 nitrogen and oxygen atoms in total. The van der Waals surface area contributed by atoms with Crippen LogP contribution in [-0.4, -0.2) is 35.0 Å².